The number of rotatable bonds is 6. The third-order valence-electron chi connectivity index (χ3n) is 4.36. The number of aromatic nitrogens is 3. The predicted octanol–water partition coefficient (Wildman–Crippen LogP) is 4.37. The van der Waals surface area contributed by atoms with Crippen molar-refractivity contribution in [2.75, 3.05) is 17.2 Å². The first-order chi connectivity index (χ1) is 13.3. The summed E-state index contributed by atoms with van der Waals surface area (Å²) in [7, 11) is 0. The second-order valence-electron chi connectivity index (χ2n) is 7.88. The predicted molar refractivity (Wildman–Crippen MR) is 114 cm³/mol. The quantitative estimate of drug-likeness (QED) is 0.592. The summed E-state index contributed by atoms with van der Waals surface area (Å²) >= 11 is 0. The van der Waals surface area contributed by atoms with Gasteiger partial charge in [0.15, 0.2) is 0 Å². The van der Waals surface area contributed by atoms with Crippen LogP contribution in [0.5, 0.6) is 0 Å². The standard InChI is InChI=1S/C22H27N5O/c1-15(14-28)24-21-26-19(16-6-5-11-23-13-16)12-20(27-21)25-18-9-7-17(8-10-18)22(2,3)4/h5-13,15,28H,14H2,1-4H3,(H2,24,25,26,27)/t15-/m1/s1. The summed E-state index contributed by atoms with van der Waals surface area (Å²) in [5.41, 5.74) is 3.99. The highest BCUT2D eigenvalue weighted by atomic mass is 16.3. The van der Waals surface area contributed by atoms with E-state index in [9.17, 15) is 5.11 Å². The maximum absolute atomic E-state index is 9.33. The molecule has 0 aliphatic carbocycles. The van der Waals surface area contributed by atoms with Crippen LogP contribution in [0.1, 0.15) is 33.3 Å². The molecule has 2 aromatic heterocycles. The summed E-state index contributed by atoms with van der Waals surface area (Å²) in [6.45, 7) is 8.46. The van der Waals surface area contributed by atoms with Crippen molar-refractivity contribution in [3.8, 4) is 11.3 Å². The Kier molecular flexibility index (Phi) is 5.90. The maximum Gasteiger partial charge on any atom is 0.225 e. The van der Waals surface area contributed by atoms with Gasteiger partial charge in [-0.1, -0.05) is 32.9 Å². The lowest BCUT2D eigenvalue weighted by Gasteiger charge is -2.19. The van der Waals surface area contributed by atoms with E-state index in [1.807, 2.05) is 25.1 Å². The van der Waals surface area contributed by atoms with Gasteiger partial charge in [0, 0.05) is 35.8 Å². The molecular formula is C22H27N5O. The normalized spacial score (nSPS) is 12.5. The van der Waals surface area contributed by atoms with Gasteiger partial charge in [-0.25, -0.2) is 4.98 Å². The number of aliphatic hydroxyl groups excluding tert-OH is 1. The minimum Gasteiger partial charge on any atom is -0.394 e. The van der Waals surface area contributed by atoms with E-state index in [2.05, 4.69) is 70.6 Å². The molecule has 0 aliphatic heterocycles. The van der Waals surface area contributed by atoms with Gasteiger partial charge >= 0.3 is 0 Å². The highest BCUT2D eigenvalue weighted by Gasteiger charge is 2.13. The fraction of sp³-hybridized carbons (Fsp3) is 0.318. The van der Waals surface area contributed by atoms with Crippen LogP contribution < -0.4 is 10.6 Å². The van der Waals surface area contributed by atoms with Gasteiger partial charge in [0.1, 0.15) is 5.82 Å². The molecule has 0 unspecified atom stereocenters. The molecule has 1 aromatic carbocycles. The molecule has 0 fully saturated rings. The minimum atomic E-state index is -0.150. The molecule has 3 N–H and O–H groups in total. The minimum absolute atomic E-state index is 0.00247. The summed E-state index contributed by atoms with van der Waals surface area (Å²) in [4.78, 5) is 13.3. The van der Waals surface area contributed by atoms with Crippen LogP contribution in [0.15, 0.2) is 54.9 Å². The van der Waals surface area contributed by atoms with Crippen LogP contribution >= 0.6 is 0 Å². The Balaban J connectivity index is 1.91. The molecule has 0 spiro atoms. The Morgan fingerprint density at radius 2 is 1.82 bits per heavy atom. The molecule has 0 radical (unpaired) electrons. The van der Waals surface area contributed by atoms with Gasteiger partial charge in [-0.15, -0.1) is 0 Å². The van der Waals surface area contributed by atoms with Crippen LogP contribution in [0.25, 0.3) is 11.3 Å². The number of benzene rings is 1. The molecule has 146 valence electrons. The molecule has 0 saturated heterocycles. The monoisotopic (exact) mass is 377 g/mol. The van der Waals surface area contributed by atoms with E-state index in [1.54, 1.807) is 12.4 Å². The lowest BCUT2D eigenvalue weighted by atomic mass is 9.87. The first-order valence-electron chi connectivity index (χ1n) is 9.39. The van der Waals surface area contributed by atoms with Gasteiger partial charge in [0.2, 0.25) is 5.95 Å². The molecule has 6 nitrogen and oxygen atoms in total. The SMILES string of the molecule is C[C@H](CO)Nc1nc(Nc2ccc(C(C)(C)C)cc2)cc(-c2cccnc2)n1. The number of nitrogens with one attached hydrogen (secondary N) is 2. The van der Waals surface area contributed by atoms with Crippen molar-refractivity contribution in [1.29, 1.82) is 0 Å². The first-order valence-corrected chi connectivity index (χ1v) is 9.39. The highest BCUT2D eigenvalue weighted by molar-refractivity contribution is 5.67. The zero-order valence-corrected chi connectivity index (χ0v) is 16.8. The number of hydrogen-bond donors (Lipinski definition) is 3. The van der Waals surface area contributed by atoms with Crippen molar-refractivity contribution in [1.82, 2.24) is 15.0 Å². The number of nitrogens with zero attached hydrogens (tertiary/aromatic N) is 3. The summed E-state index contributed by atoms with van der Waals surface area (Å²) in [5.74, 6) is 1.13. The molecule has 0 aliphatic rings. The van der Waals surface area contributed by atoms with Crippen molar-refractivity contribution in [3.63, 3.8) is 0 Å². The largest absolute Gasteiger partial charge is 0.394 e. The van der Waals surface area contributed by atoms with E-state index in [4.69, 9.17) is 0 Å². The highest BCUT2D eigenvalue weighted by Crippen LogP contribution is 2.26. The lowest BCUT2D eigenvalue weighted by Crippen LogP contribution is -2.21. The summed E-state index contributed by atoms with van der Waals surface area (Å²) < 4.78 is 0. The second kappa shape index (κ2) is 8.35. The fourth-order valence-corrected chi connectivity index (χ4v) is 2.71. The van der Waals surface area contributed by atoms with Gasteiger partial charge in [-0.3, -0.25) is 4.98 Å². The van der Waals surface area contributed by atoms with E-state index in [1.165, 1.54) is 5.56 Å². The third kappa shape index (κ3) is 5.04. The molecule has 0 saturated carbocycles. The molecule has 28 heavy (non-hydrogen) atoms. The molecule has 3 rings (SSSR count). The number of anilines is 3. The van der Waals surface area contributed by atoms with E-state index in [0.29, 0.717) is 11.8 Å². The third-order valence-corrected chi connectivity index (χ3v) is 4.36. The van der Waals surface area contributed by atoms with Gasteiger partial charge in [-0.2, -0.15) is 4.98 Å². The Bertz CT molecular complexity index is 904. The molecular weight excluding hydrogens is 350 g/mol. The number of aliphatic hydroxyl groups is 1. The second-order valence-corrected chi connectivity index (χ2v) is 7.88. The zero-order valence-electron chi connectivity index (χ0n) is 16.8. The Hall–Kier alpha value is -2.99. The fourth-order valence-electron chi connectivity index (χ4n) is 2.71. The van der Waals surface area contributed by atoms with Crippen molar-refractivity contribution in [2.24, 2.45) is 0 Å². The topological polar surface area (TPSA) is 83.0 Å². The van der Waals surface area contributed by atoms with E-state index in [0.717, 1.165) is 16.9 Å². The molecule has 3 aromatic rings. The summed E-state index contributed by atoms with van der Waals surface area (Å²) in [5, 5.41) is 15.8. The van der Waals surface area contributed by atoms with Crippen LogP contribution in [0.2, 0.25) is 0 Å². The van der Waals surface area contributed by atoms with Crippen LogP contribution in [0.3, 0.4) is 0 Å². The van der Waals surface area contributed by atoms with E-state index >= 15 is 0 Å². The summed E-state index contributed by atoms with van der Waals surface area (Å²) in [6.07, 6.45) is 3.50. The molecule has 2 heterocycles. The summed E-state index contributed by atoms with van der Waals surface area (Å²) in [6, 6.07) is 13.9. The molecule has 6 heteroatoms. The zero-order chi connectivity index (χ0) is 20.1. The molecule has 0 bridgehead atoms. The lowest BCUT2D eigenvalue weighted by molar-refractivity contribution is 0.281. The van der Waals surface area contributed by atoms with Gasteiger partial charge in [-0.05, 0) is 42.2 Å². The van der Waals surface area contributed by atoms with Crippen LogP contribution in [-0.4, -0.2) is 32.7 Å². The van der Waals surface area contributed by atoms with Crippen molar-refractivity contribution < 1.29 is 5.11 Å². The van der Waals surface area contributed by atoms with Crippen LogP contribution in [-0.2, 0) is 5.41 Å². The average Bonchev–Trinajstić information content (AvgIpc) is 2.68. The van der Waals surface area contributed by atoms with Gasteiger partial charge in [0.25, 0.3) is 0 Å². The van der Waals surface area contributed by atoms with Crippen molar-refractivity contribution in [3.05, 3.63) is 60.4 Å². The van der Waals surface area contributed by atoms with E-state index in [-0.39, 0.29) is 18.1 Å². The van der Waals surface area contributed by atoms with Crippen LogP contribution in [0, 0.1) is 0 Å². The number of pyridine rings is 1. The van der Waals surface area contributed by atoms with Crippen molar-refractivity contribution in [2.45, 2.75) is 39.2 Å². The molecule has 0 amide bonds. The Morgan fingerprint density at radius 1 is 1.07 bits per heavy atom. The van der Waals surface area contributed by atoms with Gasteiger partial charge < -0.3 is 15.7 Å². The maximum atomic E-state index is 9.33. The smallest absolute Gasteiger partial charge is 0.225 e. The van der Waals surface area contributed by atoms with Gasteiger partial charge in [0.05, 0.1) is 12.3 Å². The number of hydrogen-bond acceptors (Lipinski definition) is 6. The Morgan fingerprint density at radius 3 is 2.43 bits per heavy atom. The van der Waals surface area contributed by atoms with Crippen LogP contribution in [0.4, 0.5) is 17.5 Å². The van der Waals surface area contributed by atoms with Crippen molar-refractivity contribution >= 4 is 17.5 Å². The molecule has 1 atom stereocenters. The Labute approximate surface area is 166 Å². The average molecular weight is 377 g/mol. The van der Waals surface area contributed by atoms with E-state index < -0.39 is 0 Å². The first kappa shape index (κ1) is 19.8.